The van der Waals surface area contributed by atoms with Crippen LogP contribution in [0.4, 0.5) is 8.78 Å². The lowest BCUT2D eigenvalue weighted by molar-refractivity contribution is 0.302. The number of ether oxygens (including phenoxy) is 1. The van der Waals surface area contributed by atoms with Gasteiger partial charge < -0.3 is 10.1 Å². The van der Waals surface area contributed by atoms with Crippen LogP contribution in [0.3, 0.4) is 0 Å². The predicted molar refractivity (Wildman–Crippen MR) is 64.2 cm³/mol. The van der Waals surface area contributed by atoms with Crippen molar-refractivity contribution in [2.24, 2.45) is 0 Å². The number of nitrogens with one attached hydrogen (secondary N) is 1. The second kappa shape index (κ2) is 8.01. The average molecular weight is 243 g/mol. The molecule has 0 amide bonds. The Kier molecular flexibility index (Phi) is 6.55. The van der Waals surface area contributed by atoms with Gasteiger partial charge in [-0.05, 0) is 32.4 Å². The maximum Gasteiger partial charge on any atom is 0.129 e. The first kappa shape index (κ1) is 13.9. The standard InChI is InChI=1S/C13H19F2NO/c1-2-5-16-6-3-4-7-17-13-9-11(14)8-12(15)10-13/h8-10,16H,2-7H2,1H3. The Morgan fingerprint density at radius 3 is 2.41 bits per heavy atom. The Morgan fingerprint density at radius 1 is 1.06 bits per heavy atom. The van der Waals surface area contributed by atoms with Crippen LogP contribution in [0, 0.1) is 11.6 Å². The zero-order valence-corrected chi connectivity index (χ0v) is 10.1. The largest absolute Gasteiger partial charge is 0.493 e. The molecular formula is C13H19F2NO. The molecule has 17 heavy (non-hydrogen) atoms. The van der Waals surface area contributed by atoms with E-state index in [-0.39, 0.29) is 5.75 Å². The Labute approximate surface area is 101 Å². The van der Waals surface area contributed by atoms with Gasteiger partial charge in [-0.1, -0.05) is 6.92 Å². The fourth-order valence-corrected chi connectivity index (χ4v) is 1.46. The van der Waals surface area contributed by atoms with E-state index in [1.807, 2.05) is 0 Å². The third kappa shape index (κ3) is 6.22. The summed E-state index contributed by atoms with van der Waals surface area (Å²) in [6.45, 7) is 4.58. The normalized spacial score (nSPS) is 10.5. The monoisotopic (exact) mass is 243 g/mol. The van der Waals surface area contributed by atoms with Crippen molar-refractivity contribution in [3.63, 3.8) is 0 Å². The first-order valence-corrected chi connectivity index (χ1v) is 6.02. The van der Waals surface area contributed by atoms with E-state index in [4.69, 9.17) is 4.74 Å². The molecule has 0 radical (unpaired) electrons. The maximum atomic E-state index is 12.8. The zero-order valence-electron chi connectivity index (χ0n) is 10.1. The summed E-state index contributed by atoms with van der Waals surface area (Å²) in [5, 5.41) is 3.28. The number of hydrogen-bond donors (Lipinski definition) is 1. The Morgan fingerprint density at radius 2 is 1.76 bits per heavy atom. The topological polar surface area (TPSA) is 21.3 Å². The minimum absolute atomic E-state index is 0.254. The number of benzene rings is 1. The van der Waals surface area contributed by atoms with Crippen molar-refractivity contribution >= 4 is 0 Å². The van der Waals surface area contributed by atoms with E-state index in [1.165, 1.54) is 12.1 Å². The fraction of sp³-hybridized carbons (Fsp3) is 0.538. The average Bonchev–Trinajstić information content (AvgIpc) is 2.26. The second-order valence-electron chi connectivity index (χ2n) is 3.91. The van der Waals surface area contributed by atoms with Crippen LogP contribution in [-0.4, -0.2) is 19.7 Å². The zero-order chi connectivity index (χ0) is 12.5. The molecule has 2 nitrogen and oxygen atoms in total. The molecule has 0 aliphatic rings. The van der Waals surface area contributed by atoms with Gasteiger partial charge in [0.1, 0.15) is 17.4 Å². The molecule has 0 saturated carbocycles. The smallest absolute Gasteiger partial charge is 0.129 e. The highest BCUT2D eigenvalue weighted by Gasteiger charge is 2.00. The highest BCUT2D eigenvalue weighted by Crippen LogP contribution is 2.15. The number of rotatable bonds is 8. The van der Waals surface area contributed by atoms with Gasteiger partial charge in [0.15, 0.2) is 0 Å². The first-order valence-electron chi connectivity index (χ1n) is 6.02. The third-order valence-electron chi connectivity index (χ3n) is 2.28. The SMILES string of the molecule is CCCNCCCCOc1cc(F)cc(F)c1. The lowest BCUT2D eigenvalue weighted by Gasteiger charge is -2.07. The molecular weight excluding hydrogens is 224 g/mol. The van der Waals surface area contributed by atoms with Gasteiger partial charge in [-0.2, -0.15) is 0 Å². The molecule has 0 aliphatic heterocycles. The maximum absolute atomic E-state index is 12.8. The summed E-state index contributed by atoms with van der Waals surface area (Å²) in [6, 6.07) is 3.22. The molecule has 1 N–H and O–H groups in total. The first-order chi connectivity index (χ1) is 8.22. The minimum atomic E-state index is -0.607. The summed E-state index contributed by atoms with van der Waals surface area (Å²) in [4.78, 5) is 0. The van der Waals surface area contributed by atoms with Gasteiger partial charge in [-0.3, -0.25) is 0 Å². The van der Waals surface area contributed by atoms with Crippen LogP contribution >= 0.6 is 0 Å². The van der Waals surface area contributed by atoms with Crippen molar-refractivity contribution in [2.75, 3.05) is 19.7 Å². The summed E-state index contributed by atoms with van der Waals surface area (Å²) < 4.78 is 30.9. The number of hydrogen-bond acceptors (Lipinski definition) is 2. The van der Waals surface area contributed by atoms with Gasteiger partial charge in [-0.15, -0.1) is 0 Å². The van der Waals surface area contributed by atoms with Crippen LogP contribution in [0.15, 0.2) is 18.2 Å². The molecule has 0 saturated heterocycles. The third-order valence-corrected chi connectivity index (χ3v) is 2.28. The van der Waals surface area contributed by atoms with Crippen molar-refractivity contribution in [3.8, 4) is 5.75 Å². The van der Waals surface area contributed by atoms with Gasteiger partial charge in [0.05, 0.1) is 6.61 Å². The Balaban J connectivity index is 2.13. The lowest BCUT2D eigenvalue weighted by atomic mass is 10.3. The lowest BCUT2D eigenvalue weighted by Crippen LogP contribution is -2.16. The van der Waals surface area contributed by atoms with Crippen LogP contribution in [0.5, 0.6) is 5.75 Å². The highest BCUT2D eigenvalue weighted by molar-refractivity contribution is 5.23. The van der Waals surface area contributed by atoms with Gasteiger partial charge in [0, 0.05) is 18.2 Å². The predicted octanol–water partition coefficient (Wildman–Crippen LogP) is 3.12. The molecule has 0 fully saturated rings. The van der Waals surface area contributed by atoms with Crippen LogP contribution < -0.4 is 10.1 Å². The van der Waals surface area contributed by atoms with Gasteiger partial charge in [-0.25, -0.2) is 8.78 Å². The molecule has 4 heteroatoms. The van der Waals surface area contributed by atoms with Crippen molar-refractivity contribution in [1.82, 2.24) is 5.32 Å². The number of unbranched alkanes of at least 4 members (excludes halogenated alkanes) is 1. The summed E-state index contributed by atoms with van der Waals surface area (Å²) in [5.74, 6) is -0.960. The molecule has 96 valence electrons. The van der Waals surface area contributed by atoms with Crippen molar-refractivity contribution < 1.29 is 13.5 Å². The van der Waals surface area contributed by atoms with E-state index in [0.717, 1.165) is 38.4 Å². The van der Waals surface area contributed by atoms with Crippen LogP contribution in [0.1, 0.15) is 26.2 Å². The van der Waals surface area contributed by atoms with Crippen molar-refractivity contribution in [1.29, 1.82) is 0 Å². The van der Waals surface area contributed by atoms with E-state index in [1.54, 1.807) is 0 Å². The summed E-state index contributed by atoms with van der Waals surface area (Å²) in [6.07, 6.45) is 2.99. The molecule has 0 aliphatic carbocycles. The molecule has 1 rings (SSSR count). The molecule has 1 aromatic rings. The fourth-order valence-electron chi connectivity index (χ4n) is 1.46. The molecule has 1 aromatic carbocycles. The Hall–Kier alpha value is -1.16. The highest BCUT2D eigenvalue weighted by atomic mass is 19.1. The quantitative estimate of drug-likeness (QED) is 0.708. The van der Waals surface area contributed by atoms with Gasteiger partial charge in [0.2, 0.25) is 0 Å². The molecule has 0 heterocycles. The van der Waals surface area contributed by atoms with E-state index < -0.39 is 11.6 Å². The molecule has 0 atom stereocenters. The molecule has 0 bridgehead atoms. The van der Waals surface area contributed by atoms with E-state index in [0.29, 0.717) is 6.61 Å². The van der Waals surface area contributed by atoms with Crippen LogP contribution in [0.2, 0.25) is 0 Å². The van der Waals surface area contributed by atoms with Crippen LogP contribution in [-0.2, 0) is 0 Å². The van der Waals surface area contributed by atoms with E-state index in [2.05, 4.69) is 12.2 Å². The molecule has 0 spiro atoms. The number of halogens is 2. The minimum Gasteiger partial charge on any atom is -0.493 e. The Bertz CT molecular complexity index is 311. The summed E-state index contributed by atoms with van der Waals surface area (Å²) in [7, 11) is 0. The van der Waals surface area contributed by atoms with Gasteiger partial charge in [0.25, 0.3) is 0 Å². The molecule has 0 unspecified atom stereocenters. The summed E-state index contributed by atoms with van der Waals surface area (Å²) in [5.41, 5.74) is 0. The van der Waals surface area contributed by atoms with Crippen molar-refractivity contribution in [2.45, 2.75) is 26.2 Å². The van der Waals surface area contributed by atoms with E-state index in [9.17, 15) is 8.78 Å². The second-order valence-corrected chi connectivity index (χ2v) is 3.91. The summed E-state index contributed by atoms with van der Waals surface area (Å²) >= 11 is 0. The van der Waals surface area contributed by atoms with Crippen molar-refractivity contribution in [3.05, 3.63) is 29.8 Å². The van der Waals surface area contributed by atoms with Crippen LogP contribution in [0.25, 0.3) is 0 Å². The van der Waals surface area contributed by atoms with E-state index >= 15 is 0 Å². The van der Waals surface area contributed by atoms with Gasteiger partial charge >= 0.3 is 0 Å². The molecule has 0 aromatic heterocycles.